The largest absolute Gasteiger partial charge is 0.497 e. The average molecular weight is 335 g/mol. The minimum absolute atomic E-state index is 0.279. The Morgan fingerprint density at radius 1 is 1.04 bits per heavy atom. The molecular formula is C19H29NO4. The van der Waals surface area contributed by atoms with Crippen molar-refractivity contribution in [1.82, 2.24) is 5.32 Å². The lowest BCUT2D eigenvalue weighted by atomic mass is 9.73. The molecule has 1 aliphatic carbocycles. The van der Waals surface area contributed by atoms with E-state index in [1.807, 2.05) is 12.1 Å². The van der Waals surface area contributed by atoms with Crippen LogP contribution in [0.2, 0.25) is 0 Å². The van der Waals surface area contributed by atoms with E-state index in [4.69, 9.17) is 18.9 Å². The van der Waals surface area contributed by atoms with E-state index in [0.29, 0.717) is 5.41 Å². The Morgan fingerprint density at radius 2 is 1.75 bits per heavy atom. The van der Waals surface area contributed by atoms with Crippen LogP contribution in [0.1, 0.15) is 38.2 Å². The number of rotatable bonds is 6. The molecule has 2 aliphatic rings. The molecule has 1 aliphatic heterocycles. The maximum Gasteiger partial charge on any atom is 0.168 e. The number of hydrogen-bond donors (Lipinski definition) is 1. The van der Waals surface area contributed by atoms with Crippen molar-refractivity contribution in [1.29, 1.82) is 0 Å². The molecule has 1 aromatic rings. The molecule has 1 heterocycles. The fraction of sp³-hybridized carbons (Fsp3) is 0.684. The molecule has 1 aromatic carbocycles. The standard InChI is InChI=1S/C19H29NO4/c1-18(6-8-19(9-7-18)23-10-11-24-19)14-20-13-15-4-5-16(21-2)12-17(15)22-3/h4-5,12,20H,6-11,13-14H2,1-3H3. The van der Waals surface area contributed by atoms with Crippen LogP contribution < -0.4 is 14.8 Å². The van der Waals surface area contributed by atoms with Crippen LogP contribution in [0.5, 0.6) is 11.5 Å². The molecule has 0 unspecified atom stereocenters. The quantitative estimate of drug-likeness (QED) is 0.865. The van der Waals surface area contributed by atoms with Crippen LogP contribution in [0.15, 0.2) is 18.2 Å². The van der Waals surface area contributed by atoms with E-state index in [1.54, 1.807) is 14.2 Å². The van der Waals surface area contributed by atoms with Gasteiger partial charge in [-0.2, -0.15) is 0 Å². The number of ether oxygens (including phenoxy) is 4. The summed E-state index contributed by atoms with van der Waals surface area (Å²) in [5, 5.41) is 3.60. The third kappa shape index (κ3) is 3.85. The first-order valence-corrected chi connectivity index (χ1v) is 8.78. The van der Waals surface area contributed by atoms with Gasteiger partial charge in [-0.15, -0.1) is 0 Å². The van der Waals surface area contributed by atoms with Gasteiger partial charge in [0.1, 0.15) is 11.5 Å². The number of hydrogen-bond acceptors (Lipinski definition) is 5. The van der Waals surface area contributed by atoms with Crippen molar-refractivity contribution in [2.24, 2.45) is 5.41 Å². The molecule has 0 atom stereocenters. The summed E-state index contributed by atoms with van der Waals surface area (Å²) in [6.07, 6.45) is 4.24. The molecule has 24 heavy (non-hydrogen) atoms. The molecule has 1 N–H and O–H groups in total. The smallest absolute Gasteiger partial charge is 0.168 e. The SMILES string of the molecule is COc1ccc(CNCC2(C)CCC3(CC2)OCCO3)c(OC)c1. The van der Waals surface area contributed by atoms with Gasteiger partial charge in [0, 0.05) is 37.6 Å². The van der Waals surface area contributed by atoms with Gasteiger partial charge in [0.05, 0.1) is 27.4 Å². The fourth-order valence-electron chi connectivity index (χ4n) is 3.69. The summed E-state index contributed by atoms with van der Waals surface area (Å²) in [5.74, 6) is 1.40. The molecule has 1 saturated carbocycles. The van der Waals surface area contributed by atoms with Gasteiger partial charge in [0.15, 0.2) is 5.79 Å². The maximum absolute atomic E-state index is 5.83. The van der Waals surface area contributed by atoms with Crippen LogP contribution in [0.4, 0.5) is 0 Å². The van der Waals surface area contributed by atoms with Gasteiger partial charge < -0.3 is 24.3 Å². The summed E-state index contributed by atoms with van der Waals surface area (Å²) in [6, 6.07) is 5.96. The van der Waals surface area contributed by atoms with Gasteiger partial charge in [-0.3, -0.25) is 0 Å². The highest BCUT2D eigenvalue weighted by Crippen LogP contribution is 2.44. The molecule has 0 aromatic heterocycles. The van der Waals surface area contributed by atoms with Crippen molar-refractivity contribution in [2.75, 3.05) is 34.0 Å². The lowest BCUT2D eigenvalue weighted by molar-refractivity contribution is -0.190. The predicted molar refractivity (Wildman–Crippen MR) is 92.5 cm³/mol. The first-order valence-electron chi connectivity index (χ1n) is 8.78. The predicted octanol–water partition coefficient (Wildman–Crippen LogP) is 3.12. The van der Waals surface area contributed by atoms with Crippen LogP contribution in [0.3, 0.4) is 0 Å². The molecule has 1 saturated heterocycles. The lowest BCUT2D eigenvalue weighted by Crippen LogP contribution is -2.42. The summed E-state index contributed by atoms with van der Waals surface area (Å²) < 4.78 is 22.4. The molecule has 0 amide bonds. The van der Waals surface area contributed by atoms with E-state index in [0.717, 1.165) is 69.0 Å². The second kappa shape index (κ2) is 7.30. The molecular weight excluding hydrogens is 306 g/mol. The third-order valence-electron chi connectivity index (χ3n) is 5.39. The van der Waals surface area contributed by atoms with Gasteiger partial charge in [0.2, 0.25) is 0 Å². The topological polar surface area (TPSA) is 49.0 Å². The van der Waals surface area contributed by atoms with Crippen molar-refractivity contribution in [3.05, 3.63) is 23.8 Å². The van der Waals surface area contributed by atoms with Crippen molar-refractivity contribution < 1.29 is 18.9 Å². The van der Waals surface area contributed by atoms with Crippen molar-refractivity contribution >= 4 is 0 Å². The highest BCUT2D eigenvalue weighted by atomic mass is 16.7. The molecule has 3 rings (SSSR count). The van der Waals surface area contributed by atoms with Gasteiger partial charge in [-0.25, -0.2) is 0 Å². The fourth-order valence-corrected chi connectivity index (χ4v) is 3.69. The lowest BCUT2D eigenvalue weighted by Gasteiger charge is -2.41. The van der Waals surface area contributed by atoms with E-state index in [1.165, 1.54) is 0 Å². The van der Waals surface area contributed by atoms with Gasteiger partial charge in [-0.1, -0.05) is 13.0 Å². The molecule has 5 nitrogen and oxygen atoms in total. The van der Waals surface area contributed by atoms with Crippen molar-refractivity contribution in [3.63, 3.8) is 0 Å². The van der Waals surface area contributed by atoms with Crippen LogP contribution >= 0.6 is 0 Å². The first-order chi connectivity index (χ1) is 11.6. The first kappa shape index (κ1) is 17.5. The summed E-state index contributed by atoms with van der Waals surface area (Å²) >= 11 is 0. The third-order valence-corrected chi connectivity index (χ3v) is 5.39. The number of nitrogens with one attached hydrogen (secondary N) is 1. The molecule has 134 valence electrons. The van der Waals surface area contributed by atoms with Crippen LogP contribution in [0.25, 0.3) is 0 Å². The summed E-state index contributed by atoms with van der Waals surface area (Å²) in [5.41, 5.74) is 1.44. The normalized spacial score (nSPS) is 21.8. The second-order valence-corrected chi connectivity index (χ2v) is 7.20. The molecule has 2 fully saturated rings. The van der Waals surface area contributed by atoms with Crippen molar-refractivity contribution in [2.45, 2.75) is 44.9 Å². The van der Waals surface area contributed by atoms with Crippen LogP contribution in [-0.2, 0) is 16.0 Å². The molecule has 0 radical (unpaired) electrons. The van der Waals surface area contributed by atoms with Gasteiger partial charge >= 0.3 is 0 Å². The Kier molecular flexibility index (Phi) is 5.33. The van der Waals surface area contributed by atoms with E-state index < -0.39 is 0 Å². The Labute approximate surface area is 144 Å². The van der Waals surface area contributed by atoms with E-state index in [9.17, 15) is 0 Å². The minimum atomic E-state index is -0.279. The zero-order valence-electron chi connectivity index (χ0n) is 15.0. The van der Waals surface area contributed by atoms with E-state index >= 15 is 0 Å². The number of methoxy groups -OCH3 is 2. The van der Waals surface area contributed by atoms with Gasteiger partial charge in [-0.05, 0) is 24.3 Å². The van der Waals surface area contributed by atoms with Crippen LogP contribution in [-0.4, -0.2) is 39.8 Å². The van der Waals surface area contributed by atoms with Crippen LogP contribution in [0, 0.1) is 5.41 Å². The summed E-state index contributed by atoms with van der Waals surface area (Å²) in [7, 11) is 3.36. The Bertz CT molecular complexity index is 544. The zero-order valence-corrected chi connectivity index (χ0v) is 15.0. The Morgan fingerprint density at radius 3 is 2.38 bits per heavy atom. The second-order valence-electron chi connectivity index (χ2n) is 7.20. The summed E-state index contributed by atoms with van der Waals surface area (Å²) in [4.78, 5) is 0. The minimum Gasteiger partial charge on any atom is -0.497 e. The Balaban J connectivity index is 1.51. The highest BCUT2D eigenvalue weighted by Gasteiger charge is 2.44. The Hall–Kier alpha value is -1.30. The summed E-state index contributed by atoms with van der Waals surface area (Å²) in [6.45, 7) is 5.62. The molecule has 5 heteroatoms. The van der Waals surface area contributed by atoms with E-state index in [-0.39, 0.29) is 5.79 Å². The number of benzene rings is 1. The zero-order chi connectivity index (χ0) is 17.0. The van der Waals surface area contributed by atoms with Gasteiger partial charge in [0.25, 0.3) is 0 Å². The monoisotopic (exact) mass is 335 g/mol. The average Bonchev–Trinajstić information content (AvgIpc) is 3.07. The maximum atomic E-state index is 5.83. The highest BCUT2D eigenvalue weighted by molar-refractivity contribution is 5.40. The molecule has 0 bridgehead atoms. The molecule has 1 spiro atoms. The van der Waals surface area contributed by atoms with E-state index in [2.05, 4.69) is 18.3 Å². The van der Waals surface area contributed by atoms with Crippen molar-refractivity contribution in [3.8, 4) is 11.5 Å².